The molecule has 10 nitrogen and oxygen atoms in total. The summed E-state index contributed by atoms with van der Waals surface area (Å²) in [5, 5.41) is 14.9. The standard InChI is InChI=1S/C26H28N4O6/c1-35-23(32)21(15-8-4-3-5-9-15)30-22(31)17-10-6-7-11-18(17)26(30,34)16-12-13-19-20(14-16)28-24(27-19)29-25(33)36-2/h6-7,10-15,21,34H,3-5,8-9H2,1-2H3,(H2,27,28,29,33). The number of aromatic amines is 1. The maximum absolute atomic E-state index is 13.8. The zero-order valence-corrected chi connectivity index (χ0v) is 20.1. The van der Waals surface area contributed by atoms with Gasteiger partial charge in [-0.3, -0.25) is 15.0 Å². The van der Waals surface area contributed by atoms with Crippen LogP contribution in [0.1, 0.15) is 53.6 Å². The van der Waals surface area contributed by atoms with Crippen LogP contribution in [0.15, 0.2) is 42.5 Å². The molecule has 0 spiro atoms. The Morgan fingerprint density at radius 1 is 1.14 bits per heavy atom. The lowest BCUT2D eigenvalue weighted by Crippen LogP contribution is -2.56. The van der Waals surface area contributed by atoms with Crippen molar-refractivity contribution in [1.29, 1.82) is 0 Å². The van der Waals surface area contributed by atoms with Crippen molar-refractivity contribution in [2.75, 3.05) is 19.5 Å². The Morgan fingerprint density at radius 3 is 2.61 bits per heavy atom. The van der Waals surface area contributed by atoms with Gasteiger partial charge in [0.1, 0.15) is 6.04 Å². The minimum absolute atomic E-state index is 0.138. The molecule has 1 saturated carbocycles. The number of aromatic nitrogens is 2. The molecule has 3 aromatic rings. The fourth-order valence-electron chi connectivity index (χ4n) is 5.51. The van der Waals surface area contributed by atoms with Crippen LogP contribution in [-0.2, 0) is 20.0 Å². The van der Waals surface area contributed by atoms with Gasteiger partial charge in [-0.1, -0.05) is 43.5 Å². The summed E-state index contributed by atoms with van der Waals surface area (Å²) in [6.45, 7) is 0. The average Bonchev–Trinajstić information content (AvgIpc) is 3.41. The summed E-state index contributed by atoms with van der Waals surface area (Å²) < 4.78 is 9.78. The SMILES string of the molecule is COC(=O)Nc1nc2cc(C3(O)c4ccccc4C(=O)N3C(C(=O)OC)C3CCCCC3)ccc2[nH]1. The monoisotopic (exact) mass is 492 g/mol. The van der Waals surface area contributed by atoms with E-state index >= 15 is 0 Å². The van der Waals surface area contributed by atoms with Crippen molar-refractivity contribution >= 4 is 35.0 Å². The quantitative estimate of drug-likeness (QED) is 0.464. The number of rotatable bonds is 5. The summed E-state index contributed by atoms with van der Waals surface area (Å²) in [5.74, 6) is -0.938. The summed E-state index contributed by atoms with van der Waals surface area (Å²) in [7, 11) is 2.55. The predicted molar refractivity (Wildman–Crippen MR) is 130 cm³/mol. The van der Waals surface area contributed by atoms with Crippen molar-refractivity contribution < 1.29 is 29.0 Å². The highest BCUT2D eigenvalue weighted by atomic mass is 16.5. The zero-order valence-electron chi connectivity index (χ0n) is 20.1. The van der Waals surface area contributed by atoms with Crippen LogP contribution in [0, 0.1) is 5.92 Å². The van der Waals surface area contributed by atoms with E-state index in [1.807, 2.05) is 0 Å². The molecule has 2 aromatic carbocycles. The minimum Gasteiger partial charge on any atom is -0.467 e. The number of H-pyrrole nitrogens is 1. The third-order valence-electron chi connectivity index (χ3n) is 7.21. The highest BCUT2D eigenvalue weighted by Gasteiger charge is 2.56. The van der Waals surface area contributed by atoms with Crippen LogP contribution in [0.5, 0.6) is 0 Å². The molecule has 2 aliphatic rings. The Hall–Kier alpha value is -3.92. The van der Waals surface area contributed by atoms with E-state index in [-0.39, 0.29) is 11.9 Å². The molecule has 2 unspecified atom stereocenters. The Morgan fingerprint density at radius 2 is 1.89 bits per heavy atom. The maximum atomic E-state index is 13.8. The molecule has 0 bridgehead atoms. The number of fused-ring (bicyclic) bond motifs is 2. The van der Waals surface area contributed by atoms with Crippen LogP contribution < -0.4 is 5.32 Å². The van der Waals surface area contributed by atoms with Crippen molar-refractivity contribution in [2.24, 2.45) is 5.92 Å². The topological polar surface area (TPSA) is 134 Å². The first-order valence-electron chi connectivity index (χ1n) is 12.0. The summed E-state index contributed by atoms with van der Waals surface area (Å²) in [6, 6.07) is 10.9. The lowest BCUT2D eigenvalue weighted by Gasteiger charge is -2.42. The first kappa shape index (κ1) is 23.8. The number of nitrogens with one attached hydrogen (secondary N) is 2. The maximum Gasteiger partial charge on any atom is 0.413 e. The number of imidazole rings is 1. The second kappa shape index (κ2) is 9.27. The summed E-state index contributed by atoms with van der Waals surface area (Å²) in [5.41, 5.74) is 0.232. The molecular formula is C26H28N4O6. The zero-order chi connectivity index (χ0) is 25.4. The van der Waals surface area contributed by atoms with Crippen molar-refractivity contribution in [3.05, 3.63) is 59.2 Å². The van der Waals surface area contributed by atoms with Crippen LogP contribution in [0.25, 0.3) is 11.0 Å². The van der Waals surface area contributed by atoms with Crippen LogP contribution >= 0.6 is 0 Å². The van der Waals surface area contributed by atoms with Crippen molar-refractivity contribution in [3.63, 3.8) is 0 Å². The molecule has 1 aliphatic carbocycles. The van der Waals surface area contributed by atoms with Crippen LogP contribution in [0.4, 0.5) is 10.7 Å². The highest BCUT2D eigenvalue weighted by molar-refractivity contribution is 6.02. The normalized spacial score (nSPS) is 20.8. The fraction of sp³-hybridized carbons (Fsp3) is 0.385. The first-order valence-corrected chi connectivity index (χ1v) is 12.0. The van der Waals surface area contributed by atoms with Gasteiger partial charge in [0, 0.05) is 16.7 Å². The Balaban J connectivity index is 1.65. The largest absolute Gasteiger partial charge is 0.467 e. The van der Waals surface area contributed by atoms with E-state index in [2.05, 4.69) is 20.0 Å². The molecule has 1 aromatic heterocycles. The van der Waals surface area contributed by atoms with Gasteiger partial charge in [-0.25, -0.2) is 14.6 Å². The lowest BCUT2D eigenvalue weighted by molar-refractivity contribution is -0.159. The molecule has 188 valence electrons. The van der Waals surface area contributed by atoms with Crippen LogP contribution in [-0.4, -0.2) is 58.2 Å². The van der Waals surface area contributed by atoms with Gasteiger partial charge in [0.05, 0.1) is 25.3 Å². The average molecular weight is 493 g/mol. The molecule has 36 heavy (non-hydrogen) atoms. The van der Waals surface area contributed by atoms with Crippen molar-refractivity contribution in [1.82, 2.24) is 14.9 Å². The molecule has 2 amide bonds. The van der Waals surface area contributed by atoms with Gasteiger partial charge >= 0.3 is 12.1 Å². The van der Waals surface area contributed by atoms with Crippen LogP contribution in [0.2, 0.25) is 0 Å². The number of carbonyl (C=O) groups is 3. The molecule has 5 rings (SSSR count). The highest BCUT2D eigenvalue weighted by Crippen LogP contribution is 2.46. The molecule has 0 radical (unpaired) electrons. The van der Waals surface area contributed by atoms with E-state index in [1.54, 1.807) is 42.5 Å². The number of hydrogen-bond donors (Lipinski definition) is 3. The molecule has 2 atom stereocenters. The third kappa shape index (κ3) is 3.78. The van der Waals surface area contributed by atoms with E-state index in [0.717, 1.165) is 32.1 Å². The Kier molecular flexibility index (Phi) is 6.13. The van der Waals surface area contributed by atoms with E-state index < -0.39 is 29.7 Å². The number of hydrogen-bond acceptors (Lipinski definition) is 7. The Bertz CT molecular complexity index is 1330. The lowest BCUT2D eigenvalue weighted by atomic mass is 9.82. The molecule has 0 saturated heterocycles. The van der Waals surface area contributed by atoms with Gasteiger partial charge in [0.2, 0.25) is 5.95 Å². The Labute approximate surface area is 207 Å². The number of aliphatic hydroxyl groups is 1. The third-order valence-corrected chi connectivity index (χ3v) is 7.21. The van der Waals surface area contributed by atoms with Crippen molar-refractivity contribution in [2.45, 2.75) is 43.9 Å². The van der Waals surface area contributed by atoms with E-state index in [1.165, 1.54) is 19.1 Å². The smallest absolute Gasteiger partial charge is 0.413 e. The van der Waals surface area contributed by atoms with E-state index in [4.69, 9.17) is 4.74 Å². The number of nitrogens with zero attached hydrogens (tertiary/aromatic N) is 2. The van der Waals surface area contributed by atoms with Gasteiger partial charge in [0.25, 0.3) is 5.91 Å². The molecule has 1 aliphatic heterocycles. The van der Waals surface area contributed by atoms with Gasteiger partial charge in [-0.2, -0.15) is 0 Å². The second-order valence-corrected chi connectivity index (χ2v) is 9.19. The number of amides is 2. The van der Waals surface area contributed by atoms with Crippen molar-refractivity contribution in [3.8, 4) is 0 Å². The summed E-state index contributed by atoms with van der Waals surface area (Å²) >= 11 is 0. The van der Waals surface area contributed by atoms with E-state index in [9.17, 15) is 19.5 Å². The van der Waals surface area contributed by atoms with Gasteiger partial charge < -0.3 is 19.6 Å². The minimum atomic E-state index is -1.92. The molecule has 1 fully saturated rings. The van der Waals surface area contributed by atoms with E-state index in [0.29, 0.717) is 27.7 Å². The fourth-order valence-corrected chi connectivity index (χ4v) is 5.51. The second-order valence-electron chi connectivity index (χ2n) is 9.19. The summed E-state index contributed by atoms with van der Waals surface area (Å²) in [6.07, 6.45) is 3.80. The number of methoxy groups -OCH3 is 2. The number of esters is 1. The van der Waals surface area contributed by atoms with Gasteiger partial charge in [-0.15, -0.1) is 0 Å². The number of benzene rings is 2. The first-order chi connectivity index (χ1) is 17.4. The number of anilines is 1. The summed E-state index contributed by atoms with van der Waals surface area (Å²) in [4.78, 5) is 47.2. The molecule has 3 N–H and O–H groups in total. The van der Waals surface area contributed by atoms with Gasteiger partial charge in [-0.05, 0) is 37.0 Å². The van der Waals surface area contributed by atoms with Gasteiger partial charge in [0.15, 0.2) is 5.72 Å². The molecule has 10 heteroatoms. The molecular weight excluding hydrogens is 464 g/mol. The predicted octanol–water partition coefficient (Wildman–Crippen LogP) is 3.51. The molecule has 2 heterocycles. The number of ether oxygens (including phenoxy) is 2. The number of carbonyl (C=O) groups excluding carboxylic acids is 3. The van der Waals surface area contributed by atoms with Crippen LogP contribution in [0.3, 0.4) is 0 Å².